The molecule has 1 aliphatic heterocycles. The highest BCUT2D eigenvalue weighted by atomic mass is 19.4. The van der Waals surface area contributed by atoms with E-state index in [1.54, 1.807) is 16.6 Å². The van der Waals surface area contributed by atoms with Crippen molar-refractivity contribution in [3.63, 3.8) is 0 Å². The standard InChI is InChI=1S/C26H27F3N6O/c1-16-7-6-8-18(16)13-21-32-23-22(25(36)34(21)2)24(31-19-9-4-3-5-10-19)35(33-23)15-17-11-12-20(30-14-17)26(27,28)29/h3-5,9-14,16,18,31H,6-8,15H2,1-2H3,(H,32,33)/b21-13+/t16-,18-/m0/s1. The van der Waals surface area contributed by atoms with Crippen molar-refractivity contribution in [1.29, 1.82) is 0 Å². The topological polar surface area (TPSA) is 75.1 Å². The largest absolute Gasteiger partial charge is 0.433 e. The van der Waals surface area contributed by atoms with E-state index in [1.165, 1.54) is 12.3 Å². The minimum atomic E-state index is -4.51. The Balaban J connectivity index is 1.56. The molecule has 5 rings (SSSR count). The summed E-state index contributed by atoms with van der Waals surface area (Å²) in [5.41, 5.74) is 3.92. The van der Waals surface area contributed by atoms with E-state index in [0.717, 1.165) is 31.0 Å². The summed E-state index contributed by atoms with van der Waals surface area (Å²) in [6.07, 6.45) is 2.15. The van der Waals surface area contributed by atoms with Gasteiger partial charge in [-0.2, -0.15) is 13.2 Å². The van der Waals surface area contributed by atoms with Crippen LogP contribution in [0.15, 0.2) is 53.5 Å². The van der Waals surface area contributed by atoms with Crippen molar-refractivity contribution in [3.05, 3.63) is 81.0 Å². The molecule has 2 N–H and O–H groups in total. The highest BCUT2D eigenvalue weighted by molar-refractivity contribution is 5.70. The van der Waals surface area contributed by atoms with E-state index >= 15 is 0 Å². The van der Waals surface area contributed by atoms with E-state index in [9.17, 15) is 18.0 Å². The minimum Gasteiger partial charge on any atom is -0.340 e. The number of benzene rings is 1. The Morgan fingerprint density at radius 1 is 1.17 bits per heavy atom. The van der Waals surface area contributed by atoms with Crippen LogP contribution < -0.4 is 27.0 Å². The van der Waals surface area contributed by atoms with Crippen LogP contribution in [-0.2, 0) is 19.8 Å². The number of hydrazine groups is 1. The zero-order valence-electron chi connectivity index (χ0n) is 20.0. The third kappa shape index (κ3) is 4.67. The van der Waals surface area contributed by atoms with Gasteiger partial charge in [0.1, 0.15) is 22.2 Å². The van der Waals surface area contributed by atoms with Crippen molar-refractivity contribution < 1.29 is 13.2 Å². The van der Waals surface area contributed by atoms with Crippen LogP contribution in [0.1, 0.15) is 37.4 Å². The fraction of sp³-hybridized carbons (Fsp3) is 0.346. The first-order valence-electron chi connectivity index (χ1n) is 11.9. The number of nitrogens with one attached hydrogen (secondary N) is 2. The van der Waals surface area contributed by atoms with Gasteiger partial charge in [0.15, 0.2) is 5.82 Å². The highest BCUT2D eigenvalue weighted by Crippen LogP contribution is 2.32. The van der Waals surface area contributed by atoms with Crippen LogP contribution in [0.3, 0.4) is 0 Å². The molecule has 1 aromatic carbocycles. The number of pyridine rings is 1. The van der Waals surface area contributed by atoms with Crippen molar-refractivity contribution in [2.24, 2.45) is 18.9 Å². The molecule has 1 fully saturated rings. The second kappa shape index (κ2) is 9.33. The van der Waals surface area contributed by atoms with Gasteiger partial charge in [-0.15, -0.1) is 0 Å². The van der Waals surface area contributed by atoms with Crippen LogP contribution in [0, 0.1) is 11.8 Å². The second-order valence-electron chi connectivity index (χ2n) is 9.38. The predicted octanol–water partition coefficient (Wildman–Crippen LogP) is 3.43. The number of hydrogen-bond donors (Lipinski definition) is 2. The summed E-state index contributed by atoms with van der Waals surface area (Å²) in [5, 5.41) is 5.34. The Morgan fingerprint density at radius 2 is 1.94 bits per heavy atom. The van der Waals surface area contributed by atoms with E-state index in [0.29, 0.717) is 39.7 Å². The Morgan fingerprint density at radius 3 is 2.58 bits per heavy atom. The molecule has 1 saturated carbocycles. The summed E-state index contributed by atoms with van der Waals surface area (Å²) in [4.78, 5) is 21.9. The maximum absolute atomic E-state index is 13.5. The number of halogens is 3. The highest BCUT2D eigenvalue weighted by Gasteiger charge is 2.32. The maximum Gasteiger partial charge on any atom is 0.433 e. The fourth-order valence-electron chi connectivity index (χ4n) is 4.77. The maximum atomic E-state index is 13.5. The monoisotopic (exact) mass is 496 g/mol. The molecule has 2 atom stereocenters. The molecule has 3 heterocycles. The Labute approximate surface area is 206 Å². The molecule has 7 nitrogen and oxygen atoms in total. The molecule has 3 aromatic rings. The Hall–Kier alpha value is -3.82. The smallest absolute Gasteiger partial charge is 0.340 e. The summed E-state index contributed by atoms with van der Waals surface area (Å²) in [6, 6.07) is 11.7. The average Bonchev–Trinajstić information content (AvgIpc) is 3.40. The van der Waals surface area contributed by atoms with Crippen molar-refractivity contribution in [3.8, 4) is 0 Å². The summed E-state index contributed by atoms with van der Waals surface area (Å²) >= 11 is 0. The SMILES string of the molecule is C[C@H]1CCC[C@H]1/C=c1\nc2c(c(=O)n1C)=C(Nc1ccccc1)N(Cc1ccc(C(F)(F)F)nc1)N2. The lowest BCUT2D eigenvalue weighted by molar-refractivity contribution is -0.141. The van der Waals surface area contributed by atoms with Crippen LogP contribution in [0.5, 0.6) is 0 Å². The number of anilines is 2. The lowest BCUT2D eigenvalue weighted by Crippen LogP contribution is -2.44. The van der Waals surface area contributed by atoms with Crippen molar-refractivity contribution >= 4 is 23.4 Å². The Bertz CT molecular complexity index is 1430. The molecule has 188 valence electrons. The van der Waals surface area contributed by atoms with Crippen molar-refractivity contribution in [2.45, 2.75) is 38.9 Å². The summed E-state index contributed by atoms with van der Waals surface area (Å²) in [7, 11) is 1.71. The molecule has 10 heteroatoms. The van der Waals surface area contributed by atoms with Crippen molar-refractivity contribution in [2.75, 3.05) is 10.7 Å². The molecule has 2 aliphatic rings. The molecule has 0 bridgehead atoms. The molecule has 0 spiro atoms. The van der Waals surface area contributed by atoms with E-state index < -0.39 is 11.9 Å². The first kappa shape index (κ1) is 23.9. The summed E-state index contributed by atoms with van der Waals surface area (Å²) < 4.78 is 40.4. The number of fused-ring (bicyclic) bond motifs is 1. The number of alkyl halides is 3. The Kier molecular flexibility index (Phi) is 6.19. The van der Waals surface area contributed by atoms with Crippen LogP contribution in [0.25, 0.3) is 11.9 Å². The van der Waals surface area contributed by atoms with E-state index in [4.69, 9.17) is 4.98 Å². The summed E-state index contributed by atoms with van der Waals surface area (Å²) in [6.45, 7) is 2.38. The number of nitrogens with zero attached hydrogens (tertiary/aromatic N) is 4. The van der Waals surface area contributed by atoms with Gasteiger partial charge < -0.3 is 5.32 Å². The van der Waals surface area contributed by atoms with Crippen molar-refractivity contribution in [1.82, 2.24) is 19.5 Å². The molecule has 1 aliphatic carbocycles. The second-order valence-corrected chi connectivity index (χ2v) is 9.38. The molecular formula is C26H27F3N6O. The van der Waals surface area contributed by atoms with Gasteiger partial charge >= 0.3 is 6.18 Å². The zero-order valence-corrected chi connectivity index (χ0v) is 20.0. The van der Waals surface area contributed by atoms with Gasteiger partial charge in [-0.1, -0.05) is 44.0 Å². The van der Waals surface area contributed by atoms with Crippen LogP contribution >= 0.6 is 0 Å². The van der Waals surface area contributed by atoms with Gasteiger partial charge in [-0.25, -0.2) is 4.98 Å². The minimum absolute atomic E-state index is 0.165. The lowest BCUT2D eigenvalue weighted by atomic mass is 9.98. The molecule has 2 aromatic heterocycles. The predicted molar refractivity (Wildman–Crippen MR) is 132 cm³/mol. The van der Waals surface area contributed by atoms with Crippen LogP contribution in [-0.4, -0.2) is 19.5 Å². The van der Waals surface area contributed by atoms with Gasteiger partial charge in [0.05, 0.1) is 6.54 Å². The molecular weight excluding hydrogens is 469 g/mol. The van der Waals surface area contributed by atoms with E-state index in [1.807, 2.05) is 30.3 Å². The van der Waals surface area contributed by atoms with E-state index in [-0.39, 0.29) is 12.1 Å². The average molecular weight is 497 g/mol. The van der Waals surface area contributed by atoms with Gasteiger partial charge in [0, 0.05) is 18.9 Å². The molecule has 0 radical (unpaired) electrons. The normalized spacial score (nSPS) is 20.0. The third-order valence-corrected chi connectivity index (χ3v) is 6.86. The molecule has 0 saturated heterocycles. The molecule has 36 heavy (non-hydrogen) atoms. The number of hydrogen-bond acceptors (Lipinski definition) is 6. The number of aromatic nitrogens is 3. The lowest BCUT2D eigenvalue weighted by Gasteiger charge is -2.23. The van der Waals surface area contributed by atoms with Gasteiger partial charge in [-0.05, 0) is 48.1 Å². The van der Waals surface area contributed by atoms with Crippen LogP contribution in [0.2, 0.25) is 0 Å². The van der Waals surface area contributed by atoms with Gasteiger partial charge in [0.25, 0.3) is 5.56 Å². The first-order chi connectivity index (χ1) is 17.2. The van der Waals surface area contributed by atoms with Crippen LogP contribution in [0.4, 0.5) is 24.7 Å². The quantitative estimate of drug-likeness (QED) is 0.564. The number of rotatable bonds is 5. The van der Waals surface area contributed by atoms with Gasteiger partial charge in [-0.3, -0.25) is 24.8 Å². The first-order valence-corrected chi connectivity index (χ1v) is 11.9. The summed E-state index contributed by atoms with van der Waals surface area (Å²) in [5.74, 6) is 1.79. The number of para-hydroxylation sites is 1. The van der Waals surface area contributed by atoms with E-state index in [2.05, 4.69) is 28.7 Å². The molecule has 0 unspecified atom stereocenters. The van der Waals surface area contributed by atoms with Gasteiger partial charge in [0.2, 0.25) is 0 Å². The zero-order chi connectivity index (χ0) is 25.4. The fourth-order valence-corrected chi connectivity index (χ4v) is 4.77. The molecule has 0 amide bonds. The third-order valence-electron chi connectivity index (χ3n) is 6.86.